The Kier molecular flexibility index (Phi) is 2.68. The van der Waals surface area contributed by atoms with E-state index in [4.69, 9.17) is 0 Å². The third kappa shape index (κ3) is 2.04. The monoisotopic (exact) mass is 303 g/mol. The second-order valence-electron chi connectivity index (χ2n) is 3.97. The van der Waals surface area contributed by atoms with Crippen LogP contribution in [0.25, 0.3) is 10.9 Å². The number of aromatic amines is 2. The molecule has 2 aromatic heterocycles. The van der Waals surface area contributed by atoms with Crippen LogP contribution in [0.1, 0.15) is 10.5 Å². The van der Waals surface area contributed by atoms with E-state index >= 15 is 0 Å². The number of fused-ring (bicyclic) bond motifs is 1. The minimum Gasteiger partial charge on any atom is -0.361 e. The molecule has 2 heterocycles. The van der Waals surface area contributed by atoms with Gasteiger partial charge < -0.3 is 15.3 Å². The number of anilines is 1. The van der Waals surface area contributed by atoms with Crippen molar-refractivity contribution < 1.29 is 4.79 Å². The summed E-state index contributed by atoms with van der Waals surface area (Å²) >= 11 is 3.30. The first kappa shape index (κ1) is 11.1. The van der Waals surface area contributed by atoms with Crippen LogP contribution in [0.2, 0.25) is 0 Å². The molecule has 3 aromatic rings. The van der Waals surface area contributed by atoms with Gasteiger partial charge in [-0.25, -0.2) is 0 Å². The van der Waals surface area contributed by atoms with Crippen molar-refractivity contribution in [2.24, 2.45) is 0 Å². The molecule has 0 atom stereocenters. The average molecular weight is 304 g/mol. The van der Waals surface area contributed by atoms with E-state index in [0.29, 0.717) is 5.69 Å². The van der Waals surface area contributed by atoms with Crippen LogP contribution in [-0.2, 0) is 0 Å². The van der Waals surface area contributed by atoms with Crippen molar-refractivity contribution in [1.82, 2.24) is 9.97 Å². The van der Waals surface area contributed by atoms with Gasteiger partial charge in [0.2, 0.25) is 0 Å². The maximum Gasteiger partial charge on any atom is 0.272 e. The lowest BCUT2D eigenvalue weighted by atomic mass is 10.2. The van der Waals surface area contributed by atoms with Crippen LogP contribution >= 0.6 is 15.9 Å². The van der Waals surface area contributed by atoms with E-state index in [1.165, 1.54) is 0 Å². The highest BCUT2D eigenvalue weighted by Crippen LogP contribution is 2.19. The van der Waals surface area contributed by atoms with Gasteiger partial charge in [-0.2, -0.15) is 0 Å². The van der Waals surface area contributed by atoms with Crippen molar-refractivity contribution in [2.45, 2.75) is 0 Å². The van der Waals surface area contributed by atoms with Gasteiger partial charge in [0.1, 0.15) is 5.69 Å². The van der Waals surface area contributed by atoms with Crippen molar-refractivity contribution in [3.63, 3.8) is 0 Å². The number of nitrogens with one attached hydrogen (secondary N) is 3. The van der Waals surface area contributed by atoms with Crippen LogP contribution < -0.4 is 5.32 Å². The summed E-state index contributed by atoms with van der Waals surface area (Å²) in [5, 5.41) is 3.92. The molecule has 0 aliphatic rings. The molecule has 1 amide bonds. The Morgan fingerprint density at radius 3 is 2.83 bits per heavy atom. The van der Waals surface area contributed by atoms with Crippen molar-refractivity contribution in [3.05, 3.63) is 52.9 Å². The van der Waals surface area contributed by atoms with Crippen molar-refractivity contribution in [3.8, 4) is 0 Å². The lowest BCUT2D eigenvalue weighted by Crippen LogP contribution is -2.11. The second-order valence-corrected chi connectivity index (χ2v) is 4.88. The molecule has 0 bridgehead atoms. The largest absolute Gasteiger partial charge is 0.361 e. The molecule has 0 radical (unpaired) electrons. The van der Waals surface area contributed by atoms with Crippen LogP contribution in [0.15, 0.2) is 47.2 Å². The Labute approximate surface area is 112 Å². The Hall–Kier alpha value is -2.01. The van der Waals surface area contributed by atoms with Gasteiger partial charge in [0.15, 0.2) is 0 Å². The standard InChI is InChI=1S/C13H10BrN3O/c14-9-6-12(16-7-9)13(18)17-10-1-2-11-8(5-10)3-4-15-11/h1-7,15-16H,(H,17,18). The Morgan fingerprint density at radius 1 is 1.17 bits per heavy atom. The molecule has 1 aromatic carbocycles. The predicted octanol–water partition coefficient (Wildman–Crippen LogP) is 3.51. The first-order chi connectivity index (χ1) is 8.72. The summed E-state index contributed by atoms with van der Waals surface area (Å²) in [5.41, 5.74) is 2.35. The van der Waals surface area contributed by atoms with Gasteiger partial charge in [0.25, 0.3) is 5.91 Å². The molecule has 0 saturated carbocycles. The normalized spacial score (nSPS) is 10.7. The van der Waals surface area contributed by atoms with Crippen molar-refractivity contribution >= 4 is 38.4 Å². The zero-order valence-electron chi connectivity index (χ0n) is 9.33. The highest BCUT2D eigenvalue weighted by Gasteiger charge is 2.08. The van der Waals surface area contributed by atoms with E-state index in [1.807, 2.05) is 30.5 Å². The summed E-state index contributed by atoms with van der Waals surface area (Å²) < 4.78 is 0.855. The summed E-state index contributed by atoms with van der Waals surface area (Å²) in [6.45, 7) is 0. The third-order valence-corrected chi connectivity index (χ3v) is 3.16. The molecule has 5 heteroatoms. The van der Waals surface area contributed by atoms with Gasteiger partial charge in [-0.15, -0.1) is 0 Å². The summed E-state index contributed by atoms with van der Waals surface area (Å²) in [6.07, 6.45) is 3.60. The summed E-state index contributed by atoms with van der Waals surface area (Å²) in [4.78, 5) is 17.9. The highest BCUT2D eigenvalue weighted by molar-refractivity contribution is 9.10. The van der Waals surface area contributed by atoms with Crippen LogP contribution in [0.3, 0.4) is 0 Å². The number of halogens is 1. The van der Waals surface area contributed by atoms with Crippen LogP contribution in [0.5, 0.6) is 0 Å². The molecule has 0 aliphatic carbocycles. The maximum atomic E-state index is 11.9. The Morgan fingerprint density at radius 2 is 2.06 bits per heavy atom. The molecule has 0 fully saturated rings. The quantitative estimate of drug-likeness (QED) is 0.666. The lowest BCUT2D eigenvalue weighted by Gasteiger charge is -2.03. The first-order valence-electron chi connectivity index (χ1n) is 5.45. The topological polar surface area (TPSA) is 60.7 Å². The fourth-order valence-corrected chi connectivity index (χ4v) is 2.17. The van der Waals surface area contributed by atoms with Gasteiger partial charge >= 0.3 is 0 Å². The van der Waals surface area contributed by atoms with Crippen molar-refractivity contribution in [2.75, 3.05) is 5.32 Å². The van der Waals surface area contributed by atoms with Crippen molar-refractivity contribution in [1.29, 1.82) is 0 Å². The number of hydrogen-bond donors (Lipinski definition) is 3. The molecule has 0 aliphatic heterocycles. The van der Waals surface area contributed by atoms with E-state index in [2.05, 4.69) is 31.2 Å². The molecule has 0 saturated heterocycles. The van der Waals surface area contributed by atoms with Gasteiger partial charge in [0.05, 0.1) is 0 Å². The molecular formula is C13H10BrN3O. The highest BCUT2D eigenvalue weighted by atomic mass is 79.9. The molecule has 18 heavy (non-hydrogen) atoms. The molecule has 3 N–H and O–H groups in total. The number of carbonyl (C=O) groups is 1. The Bertz CT molecular complexity index is 714. The van der Waals surface area contributed by atoms with Gasteiger partial charge in [0, 0.05) is 33.5 Å². The molecule has 0 spiro atoms. The zero-order valence-corrected chi connectivity index (χ0v) is 10.9. The molecular weight excluding hydrogens is 294 g/mol. The van der Waals surface area contributed by atoms with Crippen LogP contribution in [0.4, 0.5) is 5.69 Å². The van der Waals surface area contributed by atoms with Crippen LogP contribution in [0, 0.1) is 0 Å². The number of aromatic nitrogens is 2. The summed E-state index contributed by atoms with van der Waals surface area (Å²) in [7, 11) is 0. The fraction of sp³-hybridized carbons (Fsp3) is 0. The second kappa shape index (κ2) is 4.34. The van der Waals surface area contributed by atoms with E-state index in [-0.39, 0.29) is 5.91 Å². The van der Waals surface area contributed by atoms with E-state index < -0.39 is 0 Å². The number of H-pyrrole nitrogens is 2. The minimum absolute atomic E-state index is 0.157. The summed E-state index contributed by atoms with van der Waals surface area (Å²) in [5.74, 6) is -0.157. The zero-order chi connectivity index (χ0) is 12.5. The number of hydrogen-bond acceptors (Lipinski definition) is 1. The number of carbonyl (C=O) groups excluding carboxylic acids is 1. The predicted molar refractivity (Wildman–Crippen MR) is 74.7 cm³/mol. The minimum atomic E-state index is -0.157. The smallest absolute Gasteiger partial charge is 0.272 e. The van der Waals surface area contributed by atoms with Crippen LogP contribution in [-0.4, -0.2) is 15.9 Å². The SMILES string of the molecule is O=C(Nc1ccc2[nH]ccc2c1)c1cc(Br)c[nH]1. The van der Waals surface area contributed by atoms with Gasteiger partial charge in [-0.1, -0.05) is 0 Å². The third-order valence-electron chi connectivity index (χ3n) is 2.70. The van der Waals surface area contributed by atoms with Gasteiger partial charge in [-0.05, 0) is 46.3 Å². The summed E-state index contributed by atoms with van der Waals surface area (Å²) in [6, 6.07) is 9.45. The molecule has 90 valence electrons. The number of benzene rings is 1. The fourth-order valence-electron chi connectivity index (χ4n) is 1.83. The van der Waals surface area contributed by atoms with E-state index in [9.17, 15) is 4.79 Å². The molecule has 3 rings (SSSR count). The van der Waals surface area contributed by atoms with Gasteiger partial charge in [-0.3, -0.25) is 4.79 Å². The molecule has 4 nitrogen and oxygen atoms in total. The van der Waals surface area contributed by atoms with E-state index in [1.54, 1.807) is 12.3 Å². The first-order valence-corrected chi connectivity index (χ1v) is 6.24. The number of rotatable bonds is 2. The van der Waals surface area contributed by atoms with E-state index in [0.717, 1.165) is 21.1 Å². The molecule has 0 unspecified atom stereocenters. The number of amides is 1. The maximum absolute atomic E-state index is 11.9. The average Bonchev–Trinajstić information content (AvgIpc) is 2.96. The lowest BCUT2D eigenvalue weighted by molar-refractivity contribution is 0.102. The Balaban J connectivity index is 1.85.